The molecule has 5 nitrogen and oxygen atoms in total. The van der Waals surface area contributed by atoms with Gasteiger partial charge < -0.3 is 8.98 Å². The Labute approximate surface area is 333 Å². The first kappa shape index (κ1) is 32.4. The topological polar surface area (TPSA) is 56.7 Å². The van der Waals surface area contributed by atoms with Crippen LogP contribution in [0.2, 0.25) is 0 Å². The van der Waals surface area contributed by atoms with Crippen LogP contribution in [0, 0.1) is 0 Å². The molecule has 0 N–H and O–H groups in total. The SMILES string of the molecule is c1ccc(-c2ccc3c4ccccc4n(-c4ccc(-c5nc(-c6cccc7c6oc6ccccc67)nc(-c6cccc7ccc8ccccc8c67)n5)cc4)c3c2)cc1. The second-order valence-electron chi connectivity index (χ2n) is 14.8. The van der Waals surface area contributed by atoms with E-state index in [0.717, 1.165) is 71.5 Å². The van der Waals surface area contributed by atoms with Gasteiger partial charge in [-0.2, -0.15) is 0 Å². The number of benzene rings is 9. The van der Waals surface area contributed by atoms with E-state index in [1.165, 1.54) is 27.3 Å². The second kappa shape index (κ2) is 12.8. The quantitative estimate of drug-likeness (QED) is 0.165. The van der Waals surface area contributed by atoms with Crippen molar-refractivity contribution in [3.63, 3.8) is 0 Å². The van der Waals surface area contributed by atoms with E-state index < -0.39 is 0 Å². The molecule has 0 unspecified atom stereocenters. The van der Waals surface area contributed by atoms with Crippen LogP contribution >= 0.6 is 0 Å². The van der Waals surface area contributed by atoms with E-state index >= 15 is 0 Å². The van der Waals surface area contributed by atoms with E-state index in [0.29, 0.717) is 17.5 Å². The summed E-state index contributed by atoms with van der Waals surface area (Å²) < 4.78 is 8.87. The number of aromatic nitrogens is 4. The van der Waals surface area contributed by atoms with Gasteiger partial charge in [0, 0.05) is 43.7 Å². The molecule has 3 heterocycles. The molecule has 0 aliphatic carbocycles. The van der Waals surface area contributed by atoms with Crippen molar-refractivity contribution in [2.24, 2.45) is 0 Å². The summed E-state index contributed by atoms with van der Waals surface area (Å²) in [5, 5.41) is 9.09. The highest BCUT2D eigenvalue weighted by molar-refractivity contribution is 6.14. The van der Waals surface area contributed by atoms with Crippen molar-refractivity contribution in [1.82, 2.24) is 19.5 Å². The van der Waals surface area contributed by atoms with Gasteiger partial charge in [-0.25, -0.2) is 15.0 Å². The van der Waals surface area contributed by atoms with E-state index in [9.17, 15) is 0 Å². The molecule has 0 spiro atoms. The summed E-state index contributed by atoms with van der Waals surface area (Å²) >= 11 is 0. The Bertz CT molecular complexity index is 3560. The first-order valence-corrected chi connectivity index (χ1v) is 19.5. The zero-order chi connectivity index (χ0) is 38.2. The van der Waals surface area contributed by atoms with E-state index in [2.05, 4.69) is 174 Å². The lowest BCUT2D eigenvalue weighted by molar-refractivity contribution is 0.669. The molecule has 12 rings (SSSR count). The minimum atomic E-state index is 0.557. The number of para-hydroxylation sites is 3. The largest absolute Gasteiger partial charge is 0.455 e. The van der Waals surface area contributed by atoms with Crippen molar-refractivity contribution in [2.75, 3.05) is 0 Å². The predicted molar refractivity (Wildman–Crippen MR) is 238 cm³/mol. The third-order valence-corrected chi connectivity index (χ3v) is 11.5. The molecule has 0 aliphatic rings. The summed E-state index contributed by atoms with van der Waals surface area (Å²) in [5.41, 5.74) is 9.98. The van der Waals surface area contributed by atoms with Crippen LogP contribution in [0.5, 0.6) is 0 Å². The summed E-state index contributed by atoms with van der Waals surface area (Å²) in [6.45, 7) is 0. The molecule has 0 saturated heterocycles. The van der Waals surface area contributed by atoms with E-state index in [4.69, 9.17) is 19.4 Å². The van der Waals surface area contributed by atoms with Crippen molar-refractivity contribution < 1.29 is 4.42 Å². The van der Waals surface area contributed by atoms with Crippen LogP contribution in [0.1, 0.15) is 0 Å². The normalized spacial score (nSPS) is 11.8. The molecule has 5 heteroatoms. The lowest BCUT2D eigenvalue weighted by Crippen LogP contribution is -2.01. The van der Waals surface area contributed by atoms with Crippen molar-refractivity contribution in [2.45, 2.75) is 0 Å². The molecule has 270 valence electrons. The number of nitrogens with zero attached hydrogens (tertiary/aromatic N) is 4. The van der Waals surface area contributed by atoms with Crippen LogP contribution < -0.4 is 0 Å². The average Bonchev–Trinajstić information content (AvgIpc) is 3.84. The van der Waals surface area contributed by atoms with Gasteiger partial charge in [-0.1, -0.05) is 146 Å². The first-order chi connectivity index (χ1) is 28.7. The van der Waals surface area contributed by atoms with Crippen LogP contribution in [0.3, 0.4) is 0 Å². The standard InChI is InChI=1S/C53H32N4O/c1-2-12-33(13-3-1)37-28-31-41-40-17-6-8-22-46(40)57(47(41)32-37)38-29-26-36(27-30-38)51-54-52(44-20-10-15-35-25-24-34-14-4-5-16-39(34)49(35)44)56-53(55-51)45-21-11-19-43-42-18-7-9-23-48(42)58-50(43)45/h1-32H. The number of furan rings is 1. The van der Waals surface area contributed by atoms with Gasteiger partial charge >= 0.3 is 0 Å². The zero-order valence-corrected chi connectivity index (χ0v) is 31.2. The highest BCUT2D eigenvalue weighted by atomic mass is 16.3. The Morgan fingerprint density at radius 3 is 1.86 bits per heavy atom. The van der Waals surface area contributed by atoms with Gasteiger partial charge in [-0.15, -0.1) is 0 Å². The predicted octanol–water partition coefficient (Wildman–Crippen LogP) is 13.8. The molecular formula is C53H32N4O. The van der Waals surface area contributed by atoms with Crippen LogP contribution in [0.25, 0.3) is 116 Å². The average molecular weight is 741 g/mol. The van der Waals surface area contributed by atoms with Gasteiger partial charge in [0.05, 0.1) is 16.6 Å². The van der Waals surface area contributed by atoms with Gasteiger partial charge in [0.15, 0.2) is 17.5 Å². The Morgan fingerprint density at radius 2 is 0.983 bits per heavy atom. The van der Waals surface area contributed by atoms with Gasteiger partial charge in [-0.3, -0.25) is 0 Å². The molecule has 3 aromatic heterocycles. The Kier molecular flexibility index (Phi) is 7.16. The molecule has 0 aliphatic heterocycles. The van der Waals surface area contributed by atoms with Gasteiger partial charge in [-0.05, 0) is 75.8 Å². The molecule has 58 heavy (non-hydrogen) atoms. The summed E-state index contributed by atoms with van der Waals surface area (Å²) in [4.78, 5) is 15.7. The summed E-state index contributed by atoms with van der Waals surface area (Å²) in [6, 6.07) is 68.1. The first-order valence-electron chi connectivity index (χ1n) is 19.5. The molecule has 0 fully saturated rings. The smallest absolute Gasteiger partial charge is 0.167 e. The molecule has 0 amide bonds. The molecular weight excluding hydrogens is 709 g/mol. The van der Waals surface area contributed by atoms with E-state index in [1.54, 1.807) is 0 Å². The van der Waals surface area contributed by atoms with Crippen LogP contribution in [-0.2, 0) is 0 Å². The molecule has 0 atom stereocenters. The number of rotatable bonds is 5. The van der Waals surface area contributed by atoms with Gasteiger partial charge in [0.2, 0.25) is 0 Å². The van der Waals surface area contributed by atoms with Crippen LogP contribution in [-0.4, -0.2) is 19.5 Å². The van der Waals surface area contributed by atoms with Crippen LogP contribution in [0.4, 0.5) is 0 Å². The van der Waals surface area contributed by atoms with Crippen molar-refractivity contribution >= 4 is 65.3 Å². The monoisotopic (exact) mass is 740 g/mol. The number of hydrogen-bond acceptors (Lipinski definition) is 4. The van der Waals surface area contributed by atoms with Gasteiger partial charge in [0.1, 0.15) is 11.2 Å². The lowest BCUT2D eigenvalue weighted by atomic mass is 9.97. The lowest BCUT2D eigenvalue weighted by Gasteiger charge is -2.13. The Balaban J connectivity index is 1.06. The fraction of sp³-hybridized carbons (Fsp3) is 0. The second-order valence-corrected chi connectivity index (χ2v) is 14.8. The number of fused-ring (bicyclic) bond motifs is 9. The van der Waals surface area contributed by atoms with E-state index in [1.807, 2.05) is 24.3 Å². The molecule has 12 aromatic rings. The number of hydrogen-bond donors (Lipinski definition) is 0. The molecule has 0 saturated carbocycles. The van der Waals surface area contributed by atoms with Crippen LogP contribution in [0.15, 0.2) is 199 Å². The molecule has 0 bridgehead atoms. The molecule has 9 aromatic carbocycles. The fourth-order valence-electron chi connectivity index (χ4n) is 8.73. The third kappa shape index (κ3) is 5.07. The maximum Gasteiger partial charge on any atom is 0.167 e. The van der Waals surface area contributed by atoms with E-state index in [-0.39, 0.29) is 0 Å². The zero-order valence-electron chi connectivity index (χ0n) is 31.2. The fourth-order valence-corrected chi connectivity index (χ4v) is 8.73. The maximum atomic E-state index is 6.52. The summed E-state index contributed by atoms with van der Waals surface area (Å²) in [6.07, 6.45) is 0. The Hall–Kier alpha value is -7.89. The highest BCUT2D eigenvalue weighted by Crippen LogP contribution is 2.39. The van der Waals surface area contributed by atoms with Gasteiger partial charge in [0.25, 0.3) is 0 Å². The summed E-state index contributed by atoms with van der Waals surface area (Å²) in [5.74, 6) is 1.75. The van der Waals surface area contributed by atoms with Crippen molar-refractivity contribution in [3.8, 4) is 51.0 Å². The summed E-state index contributed by atoms with van der Waals surface area (Å²) in [7, 11) is 0. The molecule has 0 radical (unpaired) electrons. The van der Waals surface area contributed by atoms with Crippen molar-refractivity contribution in [1.29, 1.82) is 0 Å². The van der Waals surface area contributed by atoms with Crippen molar-refractivity contribution in [3.05, 3.63) is 194 Å². The highest BCUT2D eigenvalue weighted by Gasteiger charge is 2.20. The maximum absolute atomic E-state index is 6.52. The Morgan fingerprint density at radius 1 is 0.362 bits per heavy atom. The minimum Gasteiger partial charge on any atom is -0.455 e. The third-order valence-electron chi connectivity index (χ3n) is 11.5. The minimum absolute atomic E-state index is 0.557.